The Morgan fingerprint density at radius 2 is 1.65 bits per heavy atom. The van der Waals surface area contributed by atoms with Gasteiger partial charge in [0.1, 0.15) is 0 Å². The summed E-state index contributed by atoms with van der Waals surface area (Å²) in [5, 5.41) is 16.8. The number of halogens is 1. The van der Waals surface area contributed by atoms with E-state index in [1.165, 1.54) is 0 Å². The average Bonchev–Trinajstić information content (AvgIpc) is 2.54. The molecule has 0 heterocycles. The number of carboxylic acids is 1. The maximum Gasteiger partial charge on any atom is 0.315 e. The Hall–Kier alpha value is -2.53. The molecule has 5 nitrogen and oxygen atoms in total. The monoisotopic (exact) mass is 331 g/mol. The van der Waals surface area contributed by atoms with Gasteiger partial charge in [-0.1, -0.05) is 54.1 Å². The van der Waals surface area contributed by atoms with E-state index in [2.05, 4.69) is 10.6 Å². The largest absolute Gasteiger partial charge is 0.548 e. The van der Waals surface area contributed by atoms with Gasteiger partial charge in [0.25, 0.3) is 0 Å². The first-order valence-corrected chi connectivity index (χ1v) is 7.46. The number of rotatable bonds is 6. The number of carbonyl (C=O) groups excluding carboxylic acids is 2. The number of hydrogen-bond donors (Lipinski definition) is 2. The summed E-state index contributed by atoms with van der Waals surface area (Å²) in [6.45, 7) is 0.272. The quantitative estimate of drug-likeness (QED) is 0.841. The minimum Gasteiger partial charge on any atom is -0.548 e. The molecule has 120 valence electrons. The van der Waals surface area contributed by atoms with Crippen molar-refractivity contribution in [2.24, 2.45) is 0 Å². The average molecular weight is 332 g/mol. The van der Waals surface area contributed by atoms with E-state index in [0.29, 0.717) is 5.02 Å². The van der Waals surface area contributed by atoms with Gasteiger partial charge in [0, 0.05) is 11.6 Å². The highest BCUT2D eigenvalue weighted by Crippen LogP contribution is 2.09. The highest BCUT2D eigenvalue weighted by atomic mass is 35.5. The van der Waals surface area contributed by atoms with Crippen LogP contribution in [0.1, 0.15) is 11.1 Å². The van der Waals surface area contributed by atoms with Gasteiger partial charge in [0.15, 0.2) is 0 Å². The number of nitrogens with one attached hydrogen (secondary N) is 2. The molecule has 2 N–H and O–H groups in total. The van der Waals surface area contributed by atoms with Gasteiger partial charge in [0.05, 0.1) is 12.0 Å². The third kappa shape index (κ3) is 5.64. The number of benzene rings is 2. The molecule has 0 fully saturated rings. The molecule has 0 saturated heterocycles. The van der Waals surface area contributed by atoms with E-state index in [-0.39, 0.29) is 13.0 Å². The zero-order chi connectivity index (χ0) is 16.7. The predicted molar refractivity (Wildman–Crippen MR) is 85.8 cm³/mol. The van der Waals surface area contributed by atoms with Gasteiger partial charge in [-0.15, -0.1) is 0 Å². The molecule has 23 heavy (non-hydrogen) atoms. The zero-order valence-corrected chi connectivity index (χ0v) is 13.0. The topological polar surface area (TPSA) is 81.3 Å². The fraction of sp³-hybridized carbons (Fsp3) is 0.176. The summed E-state index contributed by atoms with van der Waals surface area (Å²) in [7, 11) is 0. The van der Waals surface area contributed by atoms with E-state index >= 15 is 0 Å². The van der Waals surface area contributed by atoms with Crippen LogP contribution in [0.25, 0.3) is 0 Å². The lowest BCUT2D eigenvalue weighted by Gasteiger charge is -2.20. The smallest absolute Gasteiger partial charge is 0.315 e. The zero-order valence-electron chi connectivity index (χ0n) is 12.3. The molecule has 0 aliphatic carbocycles. The molecule has 2 aromatic rings. The Morgan fingerprint density at radius 1 is 1.00 bits per heavy atom. The number of aliphatic carboxylic acids is 1. The van der Waals surface area contributed by atoms with Crippen molar-refractivity contribution in [3.05, 3.63) is 70.7 Å². The molecule has 0 aliphatic rings. The van der Waals surface area contributed by atoms with Crippen LogP contribution in [0.3, 0.4) is 0 Å². The van der Waals surface area contributed by atoms with Crippen molar-refractivity contribution in [2.75, 3.05) is 0 Å². The molecule has 0 aromatic heterocycles. The summed E-state index contributed by atoms with van der Waals surface area (Å²) in [5.74, 6) is -1.32. The Kier molecular flexibility index (Phi) is 6.00. The van der Waals surface area contributed by atoms with Crippen LogP contribution in [0.2, 0.25) is 5.02 Å². The third-order valence-corrected chi connectivity index (χ3v) is 3.49. The summed E-state index contributed by atoms with van der Waals surface area (Å²) in [6.07, 6.45) is 0.164. The molecular formula is C17H16ClN2O3-. The second kappa shape index (κ2) is 8.19. The minimum atomic E-state index is -1.32. The minimum absolute atomic E-state index is 0.164. The summed E-state index contributed by atoms with van der Waals surface area (Å²) >= 11 is 5.78. The van der Waals surface area contributed by atoms with Crippen molar-refractivity contribution in [3.8, 4) is 0 Å². The lowest BCUT2D eigenvalue weighted by Crippen LogP contribution is -2.51. The Bertz CT molecular complexity index is 659. The van der Waals surface area contributed by atoms with Gasteiger partial charge >= 0.3 is 6.03 Å². The second-order valence-corrected chi connectivity index (χ2v) is 5.45. The SMILES string of the molecule is O=C(NCc1ccc(Cl)cc1)N[C@@H](Cc1ccccc1)C(=O)[O-]. The van der Waals surface area contributed by atoms with Crippen LogP contribution in [-0.2, 0) is 17.8 Å². The number of hydrogen-bond acceptors (Lipinski definition) is 3. The summed E-state index contributed by atoms with van der Waals surface area (Å²) in [4.78, 5) is 23.0. The molecule has 1 atom stereocenters. The van der Waals surface area contributed by atoms with E-state index in [1.807, 2.05) is 18.2 Å². The first kappa shape index (κ1) is 16.8. The van der Waals surface area contributed by atoms with E-state index < -0.39 is 18.0 Å². The van der Waals surface area contributed by atoms with Crippen LogP contribution in [0.5, 0.6) is 0 Å². The molecule has 2 amide bonds. The summed E-state index contributed by atoms with van der Waals surface area (Å²) in [5.41, 5.74) is 1.66. The van der Waals surface area contributed by atoms with Gasteiger partial charge in [-0.2, -0.15) is 0 Å². The first-order valence-electron chi connectivity index (χ1n) is 7.08. The fourth-order valence-electron chi connectivity index (χ4n) is 2.04. The van der Waals surface area contributed by atoms with E-state index in [9.17, 15) is 14.7 Å². The summed E-state index contributed by atoms with van der Waals surface area (Å²) in [6, 6.07) is 14.4. The highest BCUT2D eigenvalue weighted by molar-refractivity contribution is 6.30. The van der Waals surface area contributed by atoms with Gasteiger partial charge < -0.3 is 20.5 Å². The Morgan fingerprint density at radius 3 is 2.26 bits per heavy atom. The van der Waals surface area contributed by atoms with Gasteiger partial charge in [-0.3, -0.25) is 0 Å². The van der Waals surface area contributed by atoms with Crippen LogP contribution < -0.4 is 15.7 Å². The molecule has 2 rings (SSSR count). The number of carboxylic acid groups (broad SMARTS) is 1. The third-order valence-electron chi connectivity index (χ3n) is 3.24. The van der Waals surface area contributed by atoms with Crippen LogP contribution >= 0.6 is 11.6 Å². The normalized spacial score (nSPS) is 11.5. The summed E-state index contributed by atoms with van der Waals surface area (Å²) < 4.78 is 0. The Labute approximate surface area is 139 Å². The highest BCUT2D eigenvalue weighted by Gasteiger charge is 2.14. The molecular weight excluding hydrogens is 316 g/mol. The molecule has 0 radical (unpaired) electrons. The van der Waals surface area contributed by atoms with Crippen molar-refractivity contribution in [1.29, 1.82) is 0 Å². The van der Waals surface area contributed by atoms with Gasteiger partial charge in [-0.05, 0) is 29.7 Å². The molecule has 2 aromatic carbocycles. The van der Waals surface area contributed by atoms with Crippen molar-refractivity contribution in [1.82, 2.24) is 10.6 Å². The standard InChI is InChI=1S/C17H17ClN2O3/c18-14-8-6-13(7-9-14)11-19-17(23)20-15(16(21)22)10-12-4-2-1-3-5-12/h1-9,15H,10-11H2,(H,21,22)(H2,19,20,23)/p-1/t15-/m0/s1. The van der Waals surface area contributed by atoms with Crippen LogP contribution in [0.15, 0.2) is 54.6 Å². The van der Waals surface area contributed by atoms with Crippen LogP contribution in [-0.4, -0.2) is 18.0 Å². The lowest BCUT2D eigenvalue weighted by atomic mass is 10.1. The van der Waals surface area contributed by atoms with Crippen molar-refractivity contribution in [3.63, 3.8) is 0 Å². The number of amides is 2. The molecule has 6 heteroatoms. The lowest BCUT2D eigenvalue weighted by molar-refractivity contribution is -0.308. The van der Waals surface area contributed by atoms with Crippen molar-refractivity contribution < 1.29 is 14.7 Å². The van der Waals surface area contributed by atoms with Crippen LogP contribution in [0.4, 0.5) is 4.79 Å². The maximum atomic E-state index is 11.8. The van der Waals surface area contributed by atoms with E-state index in [1.54, 1.807) is 36.4 Å². The number of carbonyl (C=O) groups is 2. The fourth-order valence-corrected chi connectivity index (χ4v) is 2.16. The van der Waals surface area contributed by atoms with E-state index in [0.717, 1.165) is 11.1 Å². The molecule has 0 saturated carbocycles. The van der Waals surface area contributed by atoms with Gasteiger partial charge in [0.2, 0.25) is 0 Å². The van der Waals surface area contributed by atoms with E-state index in [4.69, 9.17) is 11.6 Å². The molecule has 0 bridgehead atoms. The predicted octanol–water partition coefficient (Wildman–Crippen LogP) is 1.50. The van der Waals surface area contributed by atoms with Gasteiger partial charge in [-0.25, -0.2) is 4.79 Å². The molecule has 0 unspecified atom stereocenters. The first-order chi connectivity index (χ1) is 11.0. The maximum absolute atomic E-state index is 11.8. The van der Waals surface area contributed by atoms with Crippen molar-refractivity contribution in [2.45, 2.75) is 19.0 Å². The molecule has 0 aliphatic heterocycles. The second-order valence-electron chi connectivity index (χ2n) is 5.01. The number of urea groups is 1. The molecule has 0 spiro atoms. The van der Waals surface area contributed by atoms with Crippen molar-refractivity contribution >= 4 is 23.6 Å². The Balaban J connectivity index is 1.88. The van der Waals surface area contributed by atoms with Crippen LogP contribution in [0, 0.1) is 0 Å².